The third-order valence-electron chi connectivity index (χ3n) is 5.42. The quantitative estimate of drug-likeness (QED) is 0.821. The number of hydrogen-bond donors (Lipinski definition) is 0. The van der Waals surface area contributed by atoms with Gasteiger partial charge in [0, 0.05) is 38.8 Å². The molecule has 0 bridgehead atoms. The summed E-state index contributed by atoms with van der Waals surface area (Å²) < 4.78 is 0. The van der Waals surface area contributed by atoms with Crippen LogP contribution >= 0.6 is 0 Å². The number of piperidine rings is 1. The number of hydrogen-bond acceptors (Lipinski definition) is 5. The second kappa shape index (κ2) is 8.02. The molecule has 1 aromatic rings. The summed E-state index contributed by atoms with van der Waals surface area (Å²) in [6.45, 7) is 7.64. The van der Waals surface area contributed by atoms with Crippen molar-refractivity contribution in [2.45, 2.75) is 52.0 Å². The van der Waals surface area contributed by atoms with Crippen molar-refractivity contribution in [2.24, 2.45) is 5.92 Å². The molecule has 6 heteroatoms. The van der Waals surface area contributed by atoms with Gasteiger partial charge in [0.15, 0.2) is 0 Å². The monoisotopic (exact) mass is 345 g/mol. The van der Waals surface area contributed by atoms with Gasteiger partial charge in [0.05, 0.1) is 6.54 Å². The van der Waals surface area contributed by atoms with E-state index in [1.807, 2.05) is 7.05 Å². The minimum Gasteiger partial charge on any atom is -0.353 e. The fraction of sp³-hybridized carbons (Fsp3) is 0.737. The van der Waals surface area contributed by atoms with Gasteiger partial charge in [0.25, 0.3) is 0 Å². The van der Waals surface area contributed by atoms with Gasteiger partial charge in [-0.3, -0.25) is 4.79 Å². The van der Waals surface area contributed by atoms with Crippen molar-refractivity contribution in [3.63, 3.8) is 0 Å². The van der Waals surface area contributed by atoms with E-state index in [0.717, 1.165) is 37.2 Å². The summed E-state index contributed by atoms with van der Waals surface area (Å²) in [5.74, 6) is 2.78. The molecule has 2 aliphatic heterocycles. The Kier molecular flexibility index (Phi) is 5.76. The van der Waals surface area contributed by atoms with Crippen LogP contribution in [0.4, 0.5) is 11.6 Å². The second-order valence-corrected chi connectivity index (χ2v) is 7.79. The van der Waals surface area contributed by atoms with Crippen LogP contribution in [-0.2, 0) is 4.79 Å². The minimum absolute atomic E-state index is 0.152. The predicted octanol–water partition coefficient (Wildman–Crippen LogP) is 2.55. The van der Waals surface area contributed by atoms with E-state index in [9.17, 15) is 4.79 Å². The second-order valence-electron chi connectivity index (χ2n) is 7.79. The Morgan fingerprint density at radius 3 is 2.72 bits per heavy atom. The molecule has 3 rings (SSSR count). The molecule has 0 N–H and O–H groups in total. The molecule has 1 atom stereocenters. The zero-order chi connectivity index (χ0) is 17.8. The van der Waals surface area contributed by atoms with Gasteiger partial charge in [-0.25, -0.2) is 9.97 Å². The number of anilines is 2. The molecule has 3 heterocycles. The summed E-state index contributed by atoms with van der Waals surface area (Å²) in [7, 11) is 1.86. The summed E-state index contributed by atoms with van der Waals surface area (Å²) >= 11 is 0. The van der Waals surface area contributed by atoms with E-state index in [1.165, 1.54) is 32.1 Å². The SMILES string of the molecule is CC(C)CCC1CCCCN1c1cc(N2CCN(C)C(=O)C2)ncn1. The molecule has 25 heavy (non-hydrogen) atoms. The Balaban J connectivity index is 1.74. The molecule has 138 valence electrons. The van der Waals surface area contributed by atoms with Gasteiger partial charge in [0.2, 0.25) is 5.91 Å². The molecule has 2 fully saturated rings. The molecule has 0 saturated carbocycles. The van der Waals surface area contributed by atoms with Gasteiger partial charge >= 0.3 is 0 Å². The number of piperazine rings is 1. The Morgan fingerprint density at radius 2 is 1.96 bits per heavy atom. The van der Waals surface area contributed by atoms with Crippen molar-refractivity contribution in [1.29, 1.82) is 0 Å². The van der Waals surface area contributed by atoms with Crippen LogP contribution < -0.4 is 9.80 Å². The lowest BCUT2D eigenvalue weighted by Crippen LogP contribution is -2.49. The normalized spacial score (nSPS) is 22.0. The minimum atomic E-state index is 0.152. The Hall–Kier alpha value is -1.85. The molecule has 2 aliphatic rings. The molecule has 1 amide bonds. The molecule has 0 spiro atoms. The van der Waals surface area contributed by atoms with Gasteiger partial charge in [0.1, 0.15) is 18.0 Å². The van der Waals surface area contributed by atoms with Gasteiger partial charge in [-0.05, 0) is 38.0 Å². The van der Waals surface area contributed by atoms with E-state index in [2.05, 4.69) is 39.7 Å². The molecule has 1 unspecified atom stereocenters. The highest BCUT2D eigenvalue weighted by atomic mass is 16.2. The van der Waals surface area contributed by atoms with Gasteiger partial charge < -0.3 is 14.7 Å². The molecular weight excluding hydrogens is 314 g/mol. The Morgan fingerprint density at radius 1 is 1.16 bits per heavy atom. The first kappa shape index (κ1) is 18.0. The zero-order valence-electron chi connectivity index (χ0n) is 15.8. The van der Waals surface area contributed by atoms with Crippen LogP contribution in [-0.4, -0.2) is 60.0 Å². The predicted molar refractivity (Wildman–Crippen MR) is 101 cm³/mol. The zero-order valence-corrected chi connectivity index (χ0v) is 15.8. The van der Waals surface area contributed by atoms with Crippen molar-refractivity contribution >= 4 is 17.5 Å². The molecule has 2 saturated heterocycles. The van der Waals surface area contributed by atoms with E-state index in [-0.39, 0.29) is 5.91 Å². The maximum Gasteiger partial charge on any atom is 0.241 e. The summed E-state index contributed by atoms with van der Waals surface area (Å²) in [5.41, 5.74) is 0. The largest absolute Gasteiger partial charge is 0.353 e. The first-order chi connectivity index (χ1) is 12.0. The lowest BCUT2D eigenvalue weighted by atomic mass is 9.95. The average molecular weight is 345 g/mol. The third-order valence-corrected chi connectivity index (χ3v) is 5.42. The molecule has 0 radical (unpaired) electrons. The standard InChI is InChI=1S/C19H31N5O/c1-15(2)7-8-16-6-4-5-9-24(16)18-12-17(20-14-21-18)23-11-10-22(3)19(25)13-23/h12,14-16H,4-11,13H2,1-3H3. The molecule has 1 aromatic heterocycles. The van der Waals surface area contributed by atoms with Crippen molar-refractivity contribution in [3.05, 3.63) is 12.4 Å². The van der Waals surface area contributed by atoms with Crippen molar-refractivity contribution < 1.29 is 4.79 Å². The van der Waals surface area contributed by atoms with E-state index in [1.54, 1.807) is 11.2 Å². The van der Waals surface area contributed by atoms with E-state index >= 15 is 0 Å². The summed E-state index contributed by atoms with van der Waals surface area (Å²) in [6, 6.07) is 2.65. The number of nitrogens with zero attached hydrogens (tertiary/aromatic N) is 5. The first-order valence-corrected chi connectivity index (χ1v) is 9.62. The van der Waals surface area contributed by atoms with E-state index in [0.29, 0.717) is 12.6 Å². The molecule has 0 aromatic carbocycles. The Bertz CT molecular complexity index is 591. The van der Waals surface area contributed by atoms with Gasteiger partial charge in [-0.2, -0.15) is 0 Å². The van der Waals surface area contributed by atoms with Crippen LogP contribution in [0.25, 0.3) is 0 Å². The summed E-state index contributed by atoms with van der Waals surface area (Å²) in [6.07, 6.45) is 7.92. The number of carbonyl (C=O) groups is 1. The van der Waals surface area contributed by atoms with Crippen molar-refractivity contribution in [3.8, 4) is 0 Å². The van der Waals surface area contributed by atoms with Crippen LogP contribution in [0.15, 0.2) is 12.4 Å². The number of carbonyl (C=O) groups excluding carboxylic acids is 1. The van der Waals surface area contributed by atoms with Crippen LogP contribution in [0, 0.1) is 5.92 Å². The van der Waals surface area contributed by atoms with E-state index < -0.39 is 0 Å². The van der Waals surface area contributed by atoms with E-state index in [4.69, 9.17) is 0 Å². The van der Waals surface area contributed by atoms with Crippen LogP contribution in [0.5, 0.6) is 0 Å². The highest BCUT2D eigenvalue weighted by Crippen LogP contribution is 2.28. The fourth-order valence-electron chi connectivity index (χ4n) is 3.75. The average Bonchev–Trinajstić information content (AvgIpc) is 2.62. The number of aromatic nitrogens is 2. The highest BCUT2D eigenvalue weighted by Gasteiger charge is 2.26. The first-order valence-electron chi connectivity index (χ1n) is 9.62. The lowest BCUT2D eigenvalue weighted by molar-refractivity contribution is -0.129. The Labute approximate surface area is 151 Å². The highest BCUT2D eigenvalue weighted by molar-refractivity contribution is 5.82. The van der Waals surface area contributed by atoms with Crippen LogP contribution in [0.2, 0.25) is 0 Å². The summed E-state index contributed by atoms with van der Waals surface area (Å²) in [5, 5.41) is 0. The van der Waals surface area contributed by atoms with Crippen molar-refractivity contribution in [2.75, 3.05) is 43.0 Å². The maximum absolute atomic E-state index is 12.0. The molecule has 6 nitrogen and oxygen atoms in total. The van der Waals surface area contributed by atoms with Crippen LogP contribution in [0.1, 0.15) is 46.0 Å². The molecular formula is C19H31N5O. The maximum atomic E-state index is 12.0. The summed E-state index contributed by atoms with van der Waals surface area (Å²) in [4.78, 5) is 27.3. The smallest absolute Gasteiger partial charge is 0.241 e. The third kappa shape index (κ3) is 4.41. The fourth-order valence-corrected chi connectivity index (χ4v) is 3.75. The van der Waals surface area contributed by atoms with Gasteiger partial charge in [-0.1, -0.05) is 13.8 Å². The number of rotatable bonds is 5. The van der Waals surface area contributed by atoms with Crippen molar-refractivity contribution in [1.82, 2.24) is 14.9 Å². The number of amides is 1. The lowest BCUT2D eigenvalue weighted by Gasteiger charge is -2.38. The molecule has 0 aliphatic carbocycles. The van der Waals surface area contributed by atoms with Crippen LogP contribution in [0.3, 0.4) is 0 Å². The number of likely N-dealkylation sites (N-methyl/N-ethyl adjacent to an activating group) is 1. The topological polar surface area (TPSA) is 52.6 Å². The van der Waals surface area contributed by atoms with Gasteiger partial charge in [-0.15, -0.1) is 0 Å².